The molecule has 2 N–H and O–H groups in total. The first-order chi connectivity index (χ1) is 12.0. The quantitative estimate of drug-likeness (QED) is 0.643. The van der Waals surface area contributed by atoms with E-state index in [9.17, 15) is 4.39 Å². The first-order valence-corrected chi connectivity index (χ1v) is 8.25. The van der Waals surface area contributed by atoms with Crippen LogP contribution in [0.25, 0.3) is 0 Å². The first kappa shape index (κ1) is 16.9. The summed E-state index contributed by atoms with van der Waals surface area (Å²) in [7, 11) is 0. The van der Waals surface area contributed by atoms with Crippen LogP contribution in [0.1, 0.15) is 31.0 Å². The number of nitrogens with one attached hydrogen (secondary N) is 2. The Labute approximate surface area is 147 Å². The van der Waals surface area contributed by atoms with Crippen molar-refractivity contribution in [2.45, 2.75) is 26.7 Å². The number of nitrogens with zero attached hydrogens (tertiary/aromatic N) is 2. The molecule has 3 aromatic rings. The molecule has 0 unspecified atom stereocenters. The van der Waals surface area contributed by atoms with E-state index in [1.54, 1.807) is 12.1 Å². The summed E-state index contributed by atoms with van der Waals surface area (Å²) in [5.41, 5.74) is 3.67. The van der Waals surface area contributed by atoms with E-state index in [0.717, 1.165) is 11.4 Å². The van der Waals surface area contributed by atoms with Crippen molar-refractivity contribution >= 4 is 23.1 Å². The van der Waals surface area contributed by atoms with Gasteiger partial charge in [0.25, 0.3) is 0 Å². The summed E-state index contributed by atoms with van der Waals surface area (Å²) in [4.78, 5) is 8.81. The molecule has 128 valence electrons. The normalized spacial score (nSPS) is 10.8. The predicted octanol–water partition coefficient (Wildman–Crippen LogP) is 5.53. The zero-order valence-corrected chi connectivity index (χ0v) is 14.5. The van der Waals surface area contributed by atoms with Gasteiger partial charge in [-0.25, -0.2) is 9.37 Å². The highest BCUT2D eigenvalue weighted by Gasteiger charge is 2.05. The van der Waals surface area contributed by atoms with Crippen LogP contribution >= 0.6 is 0 Å². The fourth-order valence-electron chi connectivity index (χ4n) is 2.48. The molecule has 25 heavy (non-hydrogen) atoms. The lowest BCUT2D eigenvalue weighted by Gasteiger charge is -2.11. The summed E-state index contributed by atoms with van der Waals surface area (Å²) < 4.78 is 13.3. The van der Waals surface area contributed by atoms with Crippen molar-refractivity contribution in [3.8, 4) is 0 Å². The number of rotatable bonds is 5. The monoisotopic (exact) mass is 336 g/mol. The molecule has 0 aliphatic carbocycles. The maximum Gasteiger partial charge on any atom is 0.229 e. The van der Waals surface area contributed by atoms with Gasteiger partial charge in [0.2, 0.25) is 5.95 Å². The lowest BCUT2D eigenvalue weighted by molar-refractivity contribution is 0.628. The van der Waals surface area contributed by atoms with E-state index >= 15 is 0 Å². The molecule has 0 atom stereocenters. The van der Waals surface area contributed by atoms with E-state index in [0.29, 0.717) is 23.4 Å². The van der Waals surface area contributed by atoms with Crippen molar-refractivity contribution in [3.63, 3.8) is 0 Å². The van der Waals surface area contributed by atoms with Crippen LogP contribution in [0.2, 0.25) is 0 Å². The SMILES string of the molecule is Cc1cc(Nc2ccc(C(C)C)cc2)nc(Nc2cccc(F)c2)n1. The predicted molar refractivity (Wildman–Crippen MR) is 100 cm³/mol. The minimum Gasteiger partial charge on any atom is -0.340 e. The second-order valence-corrected chi connectivity index (χ2v) is 6.26. The van der Waals surface area contributed by atoms with Crippen LogP contribution in [0, 0.1) is 12.7 Å². The maximum atomic E-state index is 13.3. The lowest BCUT2D eigenvalue weighted by Crippen LogP contribution is -2.02. The van der Waals surface area contributed by atoms with Gasteiger partial charge in [0.1, 0.15) is 11.6 Å². The number of halogens is 1. The summed E-state index contributed by atoms with van der Waals surface area (Å²) in [6.07, 6.45) is 0. The lowest BCUT2D eigenvalue weighted by atomic mass is 10.0. The molecule has 2 aromatic carbocycles. The zero-order valence-electron chi connectivity index (χ0n) is 14.5. The summed E-state index contributed by atoms with van der Waals surface area (Å²) >= 11 is 0. The number of hydrogen-bond donors (Lipinski definition) is 2. The van der Waals surface area contributed by atoms with Gasteiger partial charge >= 0.3 is 0 Å². The topological polar surface area (TPSA) is 49.8 Å². The van der Waals surface area contributed by atoms with Crippen molar-refractivity contribution in [1.29, 1.82) is 0 Å². The van der Waals surface area contributed by atoms with Gasteiger partial charge in [0.15, 0.2) is 0 Å². The van der Waals surface area contributed by atoms with Crippen molar-refractivity contribution in [2.75, 3.05) is 10.6 Å². The van der Waals surface area contributed by atoms with Crippen LogP contribution in [0.4, 0.5) is 27.5 Å². The second-order valence-electron chi connectivity index (χ2n) is 6.26. The Bertz CT molecular complexity index is 860. The molecule has 1 heterocycles. The number of aryl methyl sites for hydroxylation is 1. The minimum absolute atomic E-state index is 0.304. The van der Waals surface area contributed by atoms with E-state index < -0.39 is 0 Å². The van der Waals surface area contributed by atoms with Gasteiger partial charge in [-0.05, 0) is 48.7 Å². The molecule has 0 spiro atoms. The van der Waals surface area contributed by atoms with Gasteiger partial charge in [-0.15, -0.1) is 0 Å². The van der Waals surface area contributed by atoms with Crippen LogP contribution in [-0.2, 0) is 0 Å². The molecule has 4 nitrogen and oxygen atoms in total. The van der Waals surface area contributed by atoms with Crippen molar-refractivity contribution in [1.82, 2.24) is 9.97 Å². The average molecular weight is 336 g/mol. The van der Waals surface area contributed by atoms with E-state index in [1.807, 2.05) is 25.1 Å². The van der Waals surface area contributed by atoms with Gasteiger partial charge in [-0.2, -0.15) is 4.98 Å². The van der Waals surface area contributed by atoms with Crippen molar-refractivity contribution in [2.24, 2.45) is 0 Å². The molecule has 5 heteroatoms. The summed E-state index contributed by atoms with van der Waals surface area (Å²) in [6.45, 7) is 6.23. The average Bonchev–Trinajstić information content (AvgIpc) is 2.54. The zero-order chi connectivity index (χ0) is 17.8. The molecular formula is C20H21FN4. The van der Waals surface area contributed by atoms with Crippen molar-refractivity contribution in [3.05, 3.63) is 71.7 Å². The molecule has 0 amide bonds. The number of anilines is 4. The molecule has 0 saturated heterocycles. The standard InChI is InChI=1S/C20H21FN4/c1-13(2)15-7-9-17(10-8-15)23-19-11-14(3)22-20(25-19)24-18-6-4-5-16(21)12-18/h4-13H,1-3H3,(H2,22,23,24,25). The van der Waals surface area contributed by atoms with Crippen LogP contribution in [0.15, 0.2) is 54.6 Å². The minimum atomic E-state index is -0.304. The number of aromatic nitrogens is 2. The highest BCUT2D eigenvalue weighted by atomic mass is 19.1. The third-order valence-electron chi connectivity index (χ3n) is 3.78. The maximum absolute atomic E-state index is 13.3. The smallest absolute Gasteiger partial charge is 0.229 e. The largest absolute Gasteiger partial charge is 0.340 e. The Kier molecular flexibility index (Phi) is 4.93. The van der Waals surface area contributed by atoms with Gasteiger partial charge in [0, 0.05) is 23.1 Å². The second kappa shape index (κ2) is 7.30. The van der Waals surface area contributed by atoms with Crippen LogP contribution in [0.3, 0.4) is 0 Å². The third-order valence-corrected chi connectivity index (χ3v) is 3.78. The molecule has 0 aliphatic rings. The summed E-state index contributed by atoms with van der Waals surface area (Å²) in [5, 5.41) is 6.32. The number of hydrogen-bond acceptors (Lipinski definition) is 4. The van der Waals surface area contributed by atoms with E-state index in [2.05, 4.69) is 46.6 Å². The van der Waals surface area contributed by atoms with E-state index in [4.69, 9.17) is 0 Å². The van der Waals surface area contributed by atoms with Crippen LogP contribution < -0.4 is 10.6 Å². The molecule has 0 saturated carbocycles. The molecule has 0 radical (unpaired) electrons. The van der Waals surface area contributed by atoms with E-state index in [1.165, 1.54) is 17.7 Å². The van der Waals surface area contributed by atoms with Gasteiger partial charge in [0.05, 0.1) is 0 Å². The molecule has 3 rings (SSSR count). The molecular weight excluding hydrogens is 315 g/mol. The Morgan fingerprint density at radius 1 is 0.880 bits per heavy atom. The Morgan fingerprint density at radius 3 is 2.32 bits per heavy atom. The fourth-order valence-corrected chi connectivity index (χ4v) is 2.48. The van der Waals surface area contributed by atoms with Crippen molar-refractivity contribution < 1.29 is 4.39 Å². The molecule has 1 aromatic heterocycles. The molecule has 0 fully saturated rings. The summed E-state index contributed by atoms with van der Waals surface area (Å²) in [5.74, 6) is 1.30. The highest BCUT2D eigenvalue weighted by Crippen LogP contribution is 2.22. The highest BCUT2D eigenvalue weighted by molar-refractivity contribution is 5.60. The Morgan fingerprint density at radius 2 is 1.64 bits per heavy atom. The van der Waals surface area contributed by atoms with Gasteiger partial charge in [-0.1, -0.05) is 32.0 Å². The third kappa shape index (κ3) is 4.53. The first-order valence-electron chi connectivity index (χ1n) is 8.25. The summed E-state index contributed by atoms with van der Waals surface area (Å²) in [6, 6.07) is 16.4. The fraction of sp³-hybridized carbons (Fsp3) is 0.200. The van der Waals surface area contributed by atoms with Crippen LogP contribution in [-0.4, -0.2) is 9.97 Å². The Balaban J connectivity index is 1.79. The number of benzene rings is 2. The van der Waals surface area contributed by atoms with Gasteiger partial charge < -0.3 is 10.6 Å². The van der Waals surface area contributed by atoms with E-state index in [-0.39, 0.29) is 5.82 Å². The molecule has 0 bridgehead atoms. The molecule has 0 aliphatic heterocycles. The van der Waals surface area contributed by atoms with Crippen LogP contribution in [0.5, 0.6) is 0 Å². The van der Waals surface area contributed by atoms with Gasteiger partial charge in [-0.3, -0.25) is 0 Å². The Hall–Kier alpha value is -2.95.